The van der Waals surface area contributed by atoms with Crippen LogP contribution in [0.15, 0.2) is 24.3 Å². The Balaban J connectivity index is 1.48. The second kappa shape index (κ2) is 12.0. The fourth-order valence-electron chi connectivity index (χ4n) is 3.92. The van der Waals surface area contributed by atoms with Crippen LogP contribution in [0.1, 0.15) is 34.6 Å². The summed E-state index contributed by atoms with van der Waals surface area (Å²) in [6.45, 7) is 8.97. The van der Waals surface area contributed by atoms with Crippen LogP contribution in [-0.2, 0) is 20.7 Å². The first-order valence-corrected chi connectivity index (χ1v) is 12.2. The Bertz CT molecular complexity index is 1020. The predicted octanol–water partition coefficient (Wildman–Crippen LogP) is 3.13. The van der Waals surface area contributed by atoms with Crippen molar-refractivity contribution in [2.24, 2.45) is 0 Å². The fourth-order valence-corrected chi connectivity index (χ4v) is 5.07. The zero-order chi connectivity index (χ0) is 24.7. The molecule has 184 valence electrons. The van der Waals surface area contributed by atoms with E-state index in [1.54, 1.807) is 6.92 Å². The molecule has 1 aliphatic heterocycles. The maximum Gasteiger partial charge on any atom is 0.341 e. The van der Waals surface area contributed by atoms with Gasteiger partial charge in [-0.3, -0.25) is 19.4 Å². The zero-order valence-electron chi connectivity index (χ0n) is 19.8. The molecule has 3 rings (SSSR count). The molecule has 10 heteroatoms. The molecule has 0 saturated carbocycles. The summed E-state index contributed by atoms with van der Waals surface area (Å²) in [5.41, 5.74) is 1.92. The van der Waals surface area contributed by atoms with Crippen molar-refractivity contribution in [1.29, 1.82) is 0 Å². The van der Waals surface area contributed by atoms with Crippen molar-refractivity contribution in [2.45, 2.75) is 27.2 Å². The fraction of sp³-hybridized carbons (Fsp3) is 0.458. The van der Waals surface area contributed by atoms with E-state index in [1.807, 2.05) is 23.6 Å². The number of carbonyl (C=O) groups excluding carboxylic acids is 3. The number of rotatable bonds is 9. The summed E-state index contributed by atoms with van der Waals surface area (Å²) >= 11 is 1.39. The molecule has 0 atom stereocenters. The first-order chi connectivity index (χ1) is 16.3. The van der Waals surface area contributed by atoms with E-state index in [0.717, 1.165) is 10.4 Å². The Morgan fingerprint density at radius 3 is 2.06 bits per heavy atom. The van der Waals surface area contributed by atoms with Crippen LogP contribution in [0.3, 0.4) is 0 Å². The quantitative estimate of drug-likeness (QED) is 0.525. The average Bonchev–Trinajstić information content (AvgIpc) is 3.11. The number of ether oxygens (including phenoxy) is 1. The molecule has 2 aromatic rings. The van der Waals surface area contributed by atoms with Crippen LogP contribution in [0.25, 0.3) is 0 Å². The summed E-state index contributed by atoms with van der Waals surface area (Å²) in [5.74, 6) is -1.11. The van der Waals surface area contributed by atoms with Crippen molar-refractivity contribution in [1.82, 2.24) is 9.80 Å². The lowest BCUT2D eigenvalue weighted by molar-refractivity contribution is -0.120. The molecular weight excluding hydrogens is 459 g/mol. The largest absolute Gasteiger partial charge is 0.462 e. The van der Waals surface area contributed by atoms with E-state index in [-0.39, 0.29) is 37.3 Å². The first-order valence-electron chi connectivity index (χ1n) is 11.4. The van der Waals surface area contributed by atoms with Gasteiger partial charge in [0.1, 0.15) is 10.8 Å². The number of anilines is 2. The van der Waals surface area contributed by atoms with Crippen molar-refractivity contribution >= 4 is 39.8 Å². The monoisotopic (exact) mass is 490 g/mol. The molecule has 1 aliphatic rings. The van der Waals surface area contributed by atoms with Crippen LogP contribution in [0.4, 0.5) is 15.1 Å². The maximum atomic E-state index is 13.0. The summed E-state index contributed by atoms with van der Waals surface area (Å²) < 4.78 is 18.2. The number of nitrogens with zero attached hydrogens (tertiary/aromatic N) is 2. The molecule has 34 heavy (non-hydrogen) atoms. The maximum absolute atomic E-state index is 13.0. The van der Waals surface area contributed by atoms with Crippen LogP contribution >= 0.6 is 11.3 Å². The third-order valence-corrected chi connectivity index (χ3v) is 6.69. The highest BCUT2D eigenvalue weighted by molar-refractivity contribution is 7.16. The molecule has 1 fully saturated rings. The molecule has 0 spiro atoms. The molecule has 0 aliphatic carbocycles. The Labute approximate surface area is 203 Å². The van der Waals surface area contributed by atoms with Crippen LogP contribution in [0, 0.1) is 12.7 Å². The lowest BCUT2D eigenvalue weighted by Crippen LogP contribution is -2.50. The molecule has 1 saturated heterocycles. The van der Waals surface area contributed by atoms with E-state index >= 15 is 0 Å². The van der Waals surface area contributed by atoms with E-state index in [0.29, 0.717) is 48.9 Å². The summed E-state index contributed by atoms with van der Waals surface area (Å²) in [6.07, 6.45) is 0.684. The number of hydrogen-bond acceptors (Lipinski definition) is 7. The van der Waals surface area contributed by atoms with Gasteiger partial charge in [-0.05, 0) is 50.1 Å². The highest BCUT2D eigenvalue weighted by Gasteiger charge is 2.25. The Morgan fingerprint density at radius 1 is 0.971 bits per heavy atom. The van der Waals surface area contributed by atoms with E-state index in [2.05, 4.69) is 10.6 Å². The van der Waals surface area contributed by atoms with Gasteiger partial charge >= 0.3 is 5.97 Å². The van der Waals surface area contributed by atoms with Gasteiger partial charge < -0.3 is 15.4 Å². The molecule has 2 N–H and O–H groups in total. The van der Waals surface area contributed by atoms with E-state index in [9.17, 15) is 18.8 Å². The van der Waals surface area contributed by atoms with Gasteiger partial charge in [-0.2, -0.15) is 0 Å². The summed E-state index contributed by atoms with van der Waals surface area (Å²) in [5, 5.41) is 6.20. The summed E-state index contributed by atoms with van der Waals surface area (Å²) in [4.78, 5) is 42.4. The Kier molecular flexibility index (Phi) is 9.14. The van der Waals surface area contributed by atoms with Gasteiger partial charge in [0.2, 0.25) is 11.8 Å². The third-order valence-electron chi connectivity index (χ3n) is 5.62. The Hall–Kier alpha value is -2.82. The van der Waals surface area contributed by atoms with E-state index < -0.39 is 5.97 Å². The van der Waals surface area contributed by atoms with Crippen LogP contribution < -0.4 is 10.6 Å². The molecule has 0 bridgehead atoms. The van der Waals surface area contributed by atoms with Crippen LogP contribution in [0.5, 0.6) is 0 Å². The van der Waals surface area contributed by atoms with Gasteiger partial charge in [0.15, 0.2) is 0 Å². The van der Waals surface area contributed by atoms with Crippen molar-refractivity contribution in [3.8, 4) is 0 Å². The minimum absolute atomic E-state index is 0.163. The number of halogens is 1. The van der Waals surface area contributed by atoms with Gasteiger partial charge in [0.25, 0.3) is 0 Å². The molecule has 0 unspecified atom stereocenters. The second-order valence-corrected chi connectivity index (χ2v) is 9.30. The summed E-state index contributed by atoms with van der Waals surface area (Å²) in [6, 6.07) is 5.65. The zero-order valence-corrected chi connectivity index (χ0v) is 20.6. The number of aryl methyl sites for hydroxylation is 1. The van der Waals surface area contributed by atoms with Gasteiger partial charge in [0.05, 0.1) is 25.3 Å². The Morgan fingerprint density at radius 2 is 1.53 bits per heavy atom. The van der Waals surface area contributed by atoms with Crippen LogP contribution in [-0.4, -0.2) is 73.5 Å². The number of benzene rings is 1. The standard InChI is InChI=1S/C24H31FN4O4S/c1-4-19-16(3)34-23(22(19)24(32)33-5-2)27-21(31)15-29-12-10-28(11-13-29)14-20(30)26-18-8-6-17(25)7-9-18/h6-9H,4-5,10-15H2,1-3H3,(H,26,30)(H,27,31). The number of carbonyl (C=O) groups is 3. The smallest absolute Gasteiger partial charge is 0.341 e. The lowest BCUT2D eigenvalue weighted by atomic mass is 10.1. The highest BCUT2D eigenvalue weighted by Crippen LogP contribution is 2.34. The van der Waals surface area contributed by atoms with Crippen molar-refractivity contribution in [3.05, 3.63) is 46.1 Å². The third kappa shape index (κ3) is 6.85. The topological polar surface area (TPSA) is 91.0 Å². The number of esters is 1. The molecule has 0 radical (unpaired) electrons. The lowest BCUT2D eigenvalue weighted by Gasteiger charge is -2.33. The molecule has 2 amide bonds. The highest BCUT2D eigenvalue weighted by atomic mass is 32.1. The molecule has 8 nitrogen and oxygen atoms in total. The van der Waals surface area contributed by atoms with Gasteiger partial charge in [0, 0.05) is 36.7 Å². The van der Waals surface area contributed by atoms with Gasteiger partial charge in [-0.25, -0.2) is 9.18 Å². The van der Waals surface area contributed by atoms with Gasteiger partial charge in [-0.1, -0.05) is 6.92 Å². The molecule has 1 aromatic heterocycles. The predicted molar refractivity (Wildman–Crippen MR) is 131 cm³/mol. The van der Waals surface area contributed by atoms with E-state index in [4.69, 9.17) is 4.74 Å². The number of nitrogens with one attached hydrogen (secondary N) is 2. The minimum Gasteiger partial charge on any atom is -0.462 e. The number of piperazine rings is 1. The SMILES string of the molecule is CCOC(=O)c1c(NC(=O)CN2CCN(CC(=O)Nc3ccc(F)cc3)CC2)sc(C)c1CC. The van der Waals surface area contributed by atoms with Gasteiger partial charge in [-0.15, -0.1) is 11.3 Å². The number of thiophene rings is 1. The van der Waals surface area contributed by atoms with Crippen molar-refractivity contribution in [2.75, 3.05) is 56.5 Å². The minimum atomic E-state index is -0.411. The number of hydrogen-bond donors (Lipinski definition) is 2. The van der Waals surface area contributed by atoms with E-state index in [1.165, 1.54) is 35.6 Å². The van der Waals surface area contributed by atoms with Crippen molar-refractivity contribution < 1.29 is 23.5 Å². The molecule has 2 heterocycles. The molecule has 1 aromatic carbocycles. The van der Waals surface area contributed by atoms with Crippen molar-refractivity contribution in [3.63, 3.8) is 0 Å². The summed E-state index contributed by atoms with van der Waals surface area (Å²) in [7, 11) is 0. The average molecular weight is 491 g/mol. The van der Waals surface area contributed by atoms with Crippen LogP contribution in [0.2, 0.25) is 0 Å². The first kappa shape index (κ1) is 25.8. The molecular formula is C24H31FN4O4S. The second-order valence-electron chi connectivity index (χ2n) is 8.07. The normalized spacial score (nSPS) is 14.6. The number of amides is 2.